The summed E-state index contributed by atoms with van der Waals surface area (Å²) in [6, 6.07) is 20.8. The van der Waals surface area contributed by atoms with Crippen LogP contribution < -0.4 is 9.47 Å². The molecule has 0 amide bonds. The molecule has 0 fully saturated rings. The number of rotatable bonds is 5. The van der Waals surface area contributed by atoms with Crippen LogP contribution in [0, 0.1) is 10.1 Å². The monoisotopic (exact) mass is 389 g/mol. The molecule has 29 heavy (non-hydrogen) atoms. The molecule has 3 aromatic rings. The molecule has 146 valence electrons. The van der Waals surface area contributed by atoms with Crippen molar-refractivity contribution in [1.82, 2.24) is 0 Å². The smallest absolute Gasteiger partial charge is 0.269 e. The second kappa shape index (κ2) is 7.75. The second-order valence-corrected chi connectivity index (χ2v) is 6.73. The van der Waals surface area contributed by atoms with E-state index in [1.54, 1.807) is 30.3 Å². The van der Waals surface area contributed by atoms with Gasteiger partial charge in [-0.25, -0.2) is 0 Å². The van der Waals surface area contributed by atoms with Crippen molar-refractivity contribution >= 4 is 11.5 Å². The number of ketones is 1. The van der Waals surface area contributed by atoms with Gasteiger partial charge >= 0.3 is 0 Å². The molecular weight excluding hydrogens is 370 g/mol. The molecule has 0 spiro atoms. The average Bonchev–Trinajstić information content (AvgIpc) is 2.74. The Balaban J connectivity index is 1.80. The minimum Gasteiger partial charge on any atom is -0.494 e. The first kappa shape index (κ1) is 18.7. The molecule has 6 heteroatoms. The lowest BCUT2D eigenvalue weighted by Gasteiger charge is -2.33. The Morgan fingerprint density at radius 2 is 1.72 bits per heavy atom. The summed E-state index contributed by atoms with van der Waals surface area (Å²) in [4.78, 5) is 24.0. The molecule has 4 rings (SSSR count). The van der Waals surface area contributed by atoms with Gasteiger partial charge in [-0.3, -0.25) is 14.9 Å². The van der Waals surface area contributed by atoms with Crippen molar-refractivity contribution in [3.05, 3.63) is 99.6 Å². The molecule has 0 saturated heterocycles. The van der Waals surface area contributed by atoms with Gasteiger partial charge in [0.2, 0.25) is 0 Å². The van der Waals surface area contributed by atoms with Crippen molar-refractivity contribution < 1.29 is 19.2 Å². The zero-order valence-electron chi connectivity index (χ0n) is 15.8. The maximum atomic E-state index is 13.4. The van der Waals surface area contributed by atoms with Gasteiger partial charge in [-0.05, 0) is 42.3 Å². The first-order chi connectivity index (χ1) is 14.1. The Morgan fingerprint density at radius 1 is 1.00 bits per heavy atom. The van der Waals surface area contributed by atoms with E-state index in [0.29, 0.717) is 29.2 Å². The molecular formula is C23H19NO5. The number of hydrogen-bond donors (Lipinski definition) is 0. The first-order valence-corrected chi connectivity index (χ1v) is 9.35. The van der Waals surface area contributed by atoms with E-state index < -0.39 is 16.9 Å². The zero-order valence-corrected chi connectivity index (χ0v) is 15.8. The lowest BCUT2D eigenvalue weighted by atomic mass is 9.81. The summed E-state index contributed by atoms with van der Waals surface area (Å²) in [6.07, 6.45) is -0.602. The number of carbonyl (C=O) groups excluding carboxylic acids is 1. The maximum Gasteiger partial charge on any atom is 0.269 e. The Morgan fingerprint density at radius 3 is 2.38 bits per heavy atom. The highest BCUT2D eigenvalue weighted by Crippen LogP contribution is 2.45. The highest BCUT2D eigenvalue weighted by molar-refractivity contribution is 6.04. The molecule has 0 bridgehead atoms. The van der Waals surface area contributed by atoms with E-state index in [1.807, 2.05) is 37.3 Å². The van der Waals surface area contributed by atoms with Crippen LogP contribution >= 0.6 is 0 Å². The van der Waals surface area contributed by atoms with Gasteiger partial charge in [-0.1, -0.05) is 30.3 Å². The fourth-order valence-corrected chi connectivity index (χ4v) is 3.60. The summed E-state index contributed by atoms with van der Waals surface area (Å²) in [6.45, 7) is 2.39. The third kappa shape index (κ3) is 3.57. The number of nitrogens with zero attached hydrogens (tertiary/aromatic N) is 1. The van der Waals surface area contributed by atoms with Crippen molar-refractivity contribution in [3.63, 3.8) is 0 Å². The Bertz CT molecular complexity index is 1050. The van der Waals surface area contributed by atoms with Gasteiger partial charge < -0.3 is 9.47 Å². The predicted octanol–water partition coefficient (Wildman–Crippen LogP) is 5.09. The van der Waals surface area contributed by atoms with Crippen LogP contribution in [0.4, 0.5) is 5.69 Å². The van der Waals surface area contributed by atoms with E-state index in [-0.39, 0.29) is 11.5 Å². The molecule has 0 aromatic heterocycles. The average molecular weight is 389 g/mol. The Kier molecular flexibility index (Phi) is 4.99. The van der Waals surface area contributed by atoms with E-state index in [9.17, 15) is 14.9 Å². The number of nitro groups is 1. The van der Waals surface area contributed by atoms with E-state index in [0.717, 1.165) is 5.56 Å². The number of non-ortho nitro benzene ring substituents is 1. The number of fused-ring (bicyclic) bond motifs is 1. The van der Waals surface area contributed by atoms with E-state index in [1.165, 1.54) is 12.1 Å². The first-order valence-electron chi connectivity index (χ1n) is 9.35. The van der Waals surface area contributed by atoms with Gasteiger partial charge in [0.05, 0.1) is 23.0 Å². The number of ether oxygens (including phenoxy) is 2. The van der Waals surface area contributed by atoms with Crippen LogP contribution in [-0.4, -0.2) is 17.3 Å². The fraction of sp³-hybridized carbons (Fsp3) is 0.174. The van der Waals surface area contributed by atoms with Crippen molar-refractivity contribution in [2.24, 2.45) is 0 Å². The van der Waals surface area contributed by atoms with Gasteiger partial charge in [-0.2, -0.15) is 0 Å². The second-order valence-electron chi connectivity index (χ2n) is 6.73. The molecule has 0 N–H and O–H groups in total. The largest absolute Gasteiger partial charge is 0.494 e. The van der Waals surface area contributed by atoms with E-state index in [4.69, 9.17) is 9.47 Å². The molecule has 0 saturated carbocycles. The molecule has 2 unspecified atom stereocenters. The topological polar surface area (TPSA) is 78.7 Å². The Labute approximate surface area is 167 Å². The summed E-state index contributed by atoms with van der Waals surface area (Å²) < 4.78 is 11.8. The fourth-order valence-electron chi connectivity index (χ4n) is 3.60. The molecule has 2 atom stereocenters. The lowest BCUT2D eigenvalue weighted by Crippen LogP contribution is -2.30. The van der Waals surface area contributed by atoms with Crippen LogP contribution in [0.15, 0.2) is 72.8 Å². The summed E-state index contributed by atoms with van der Waals surface area (Å²) in [5.41, 5.74) is 2.03. The van der Waals surface area contributed by atoms with Crippen LogP contribution in [0.1, 0.15) is 40.4 Å². The number of carbonyl (C=O) groups is 1. The van der Waals surface area contributed by atoms with Gasteiger partial charge in [0.25, 0.3) is 5.69 Å². The van der Waals surface area contributed by atoms with Crippen molar-refractivity contribution in [2.45, 2.75) is 18.9 Å². The zero-order chi connectivity index (χ0) is 20.4. The van der Waals surface area contributed by atoms with Crippen LogP contribution in [0.3, 0.4) is 0 Å². The third-order valence-corrected chi connectivity index (χ3v) is 4.96. The van der Waals surface area contributed by atoms with E-state index >= 15 is 0 Å². The number of benzene rings is 3. The van der Waals surface area contributed by atoms with Crippen LogP contribution in [-0.2, 0) is 0 Å². The maximum absolute atomic E-state index is 13.4. The van der Waals surface area contributed by atoms with Crippen LogP contribution in [0.5, 0.6) is 11.5 Å². The van der Waals surface area contributed by atoms with E-state index in [2.05, 4.69) is 0 Å². The predicted molar refractivity (Wildman–Crippen MR) is 108 cm³/mol. The minimum atomic E-state index is -0.602. The number of nitro benzene ring substituents is 1. The molecule has 3 aromatic carbocycles. The SMILES string of the molecule is CCOc1ccc2c(c1)OC(c1ccc([N+](=O)[O-])cc1)C(c1ccccc1)C2=O. The Hall–Kier alpha value is -3.67. The number of hydrogen-bond acceptors (Lipinski definition) is 5. The van der Waals surface area contributed by atoms with Gasteiger partial charge in [-0.15, -0.1) is 0 Å². The molecule has 1 heterocycles. The van der Waals surface area contributed by atoms with Crippen molar-refractivity contribution in [2.75, 3.05) is 6.61 Å². The summed E-state index contributed by atoms with van der Waals surface area (Å²) >= 11 is 0. The highest BCUT2D eigenvalue weighted by atomic mass is 16.6. The third-order valence-electron chi connectivity index (χ3n) is 4.96. The van der Waals surface area contributed by atoms with Crippen LogP contribution in [0.2, 0.25) is 0 Å². The molecule has 0 radical (unpaired) electrons. The normalized spacial score (nSPS) is 17.9. The summed E-state index contributed by atoms with van der Waals surface area (Å²) in [5, 5.41) is 11.0. The van der Waals surface area contributed by atoms with Crippen molar-refractivity contribution in [1.29, 1.82) is 0 Å². The lowest BCUT2D eigenvalue weighted by molar-refractivity contribution is -0.384. The van der Waals surface area contributed by atoms with Gasteiger partial charge in [0.15, 0.2) is 5.78 Å². The molecule has 1 aliphatic heterocycles. The highest BCUT2D eigenvalue weighted by Gasteiger charge is 2.39. The summed E-state index contributed by atoms with van der Waals surface area (Å²) in [7, 11) is 0. The standard InChI is InChI=1S/C23H19NO5/c1-2-28-18-12-13-19-20(14-18)29-23(16-8-10-17(11-9-16)24(26)27)21(22(19)25)15-6-4-3-5-7-15/h3-14,21,23H,2H2,1H3. The van der Waals surface area contributed by atoms with Gasteiger partial charge in [0, 0.05) is 18.2 Å². The molecule has 0 aliphatic carbocycles. The molecule has 1 aliphatic rings. The number of Topliss-reactive ketones (excluding diaryl/α,β-unsaturated/α-hetero) is 1. The van der Waals surface area contributed by atoms with Crippen LogP contribution in [0.25, 0.3) is 0 Å². The van der Waals surface area contributed by atoms with Gasteiger partial charge in [0.1, 0.15) is 17.6 Å². The summed E-state index contributed by atoms with van der Waals surface area (Å²) in [5.74, 6) is 0.475. The minimum absolute atomic E-state index is 0.00817. The van der Waals surface area contributed by atoms with Crippen molar-refractivity contribution in [3.8, 4) is 11.5 Å². The quantitative estimate of drug-likeness (QED) is 0.448. The molecule has 6 nitrogen and oxygen atoms in total.